The summed E-state index contributed by atoms with van der Waals surface area (Å²) in [4.78, 5) is 4.93. The minimum atomic E-state index is -3.14. The van der Waals surface area contributed by atoms with Crippen molar-refractivity contribution in [2.45, 2.75) is 43.5 Å². The van der Waals surface area contributed by atoms with Crippen molar-refractivity contribution in [3.8, 4) is 0 Å². The second kappa shape index (κ2) is 5.33. The van der Waals surface area contributed by atoms with Crippen molar-refractivity contribution < 1.29 is 8.42 Å². The molecule has 1 aliphatic rings. The molecule has 108 valence electrons. The average molecular weight is 310 g/mol. The molecule has 0 spiro atoms. The number of nitrogens with zero attached hydrogens (tertiary/aromatic N) is 1. The van der Waals surface area contributed by atoms with Gasteiger partial charge in [0, 0.05) is 6.04 Å². The lowest BCUT2D eigenvalue weighted by molar-refractivity contribution is 0.597. The Labute approximate surface area is 123 Å². The van der Waals surface area contributed by atoms with Crippen molar-refractivity contribution in [3.63, 3.8) is 0 Å². The van der Waals surface area contributed by atoms with Gasteiger partial charge in [-0.2, -0.15) is 0 Å². The Morgan fingerprint density at radius 2 is 2.10 bits per heavy atom. The number of benzene rings is 1. The third-order valence-corrected chi connectivity index (χ3v) is 6.46. The zero-order chi connectivity index (χ0) is 14.2. The van der Waals surface area contributed by atoms with Gasteiger partial charge in [0.15, 0.2) is 15.0 Å². The first-order chi connectivity index (χ1) is 9.58. The molecule has 1 aliphatic carbocycles. The van der Waals surface area contributed by atoms with Crippen molar-refractivity contribution in [1.82, 2.24) is 4.98 Å². The lowest BCUT2D eigenvalue weighted by atomic mass is 10.3. The van der Waals surface area contributed by atoms with Gasteiger partial charge in [0.05, 0.1) is 20.9 Å². The van der Waals surface area contributed by atoms with Gasteiger partial charge >= 0.3 is 0 Å². The number of hydrogen-bond donors (Lipinski definition) is 1. The van der Waals surface area contributed by atoms with Crippen LogP contribution in [0.5, 0.6) is 0 Å². The average Bonchev–Trinajstić information content (AvgIpc) is 3.06. The van der Waals surface area contributed by atoms with Crippen molar-refractivity contribution in [2.75, 3.05) is 11.1 Å². The minimum absolute atomic E-state index is 0.129. The van der Waals surface area contributed by atoms with E-state index in [0.717, 1.165) is 15.3 Å². The van der Waals surface area contributed by atoms with Crippen molar-refractivity contribution in [1.29, 1.82) is 0 Å². The predicted octanol–water partition coefficient (Wildman–Crippen LogP) is 3.44. The summed E-state index contributed by atoms with van der Waals surface area (Å²) in [5, 5.41) is 4.36. The number of hydrogen-bond acceptors (Lipinski definition) is 5. The predicted molar refractivity (Wildman–Crippen MR) is 83.2 cm³/mol. The quantitative estimate of drug-likeness (QED) is 0.939. The Balaban J connectivity index is 1.91. The smallest absolute Gasteiger partial charge is 0.184 e. The van der Waals surface area contributed by atoms with Gasteiger partial charge in [-0.05, 0) is 31.0 Å². The summed E-state index contributed by atoms with van der Waals surface area (Å²) in [7, 11) is -3.14. The molecule has 0 aliphatic heterocycles. The van der Waals surface area contributed by atoms with E-state index in [-0.39, 0.29) is 5.75 Å². The Kier molecular flexibility index (Phi) is 3.69. The van der Waals surface area contributed by atoms with Crippen LogP contribution < -0.4 is 5.32 Å². The molecule has 0 saturated heterocycles. The van der Waals surface area contributed by atoms with Crippen LogP contribution >= 0.6 is 11.3 Å². The highest BCUT2D eigenvalue weighted by Crippen LogP contribution is 2.30. The lowest BCUT2D eigenvalue weighted by Gasteiger charge is -2.09. The largest absolute Gasteiger partial charge is 0.359 e. The molecule has 20 heavy (non-hydrogen) atoms. The molecule has 2 aromatic rings. The maximum absolute atomic E-state index is 11.9. The SMILES string of the molecule is CCS(=O)(=O)c1ccc2nc(NC3CCCC3)sc2c1. The first-order valence-corrected chi connectivity index (χ1v) is 9.45. The van der Waals surface area contributed by atoms with Gasteiger partial charge in [-0.15, -0.1) is 0 Å². The van der Waals surface area contributed by atoms with Gasteiger partial charge in [-0.3, -0.25) is 0 Å². The van der Waals surface area contributed by atoms with E-state index in [0.29, 0.717) is 10.9 Å². The van der Waals surface area contributed by atoms with E-state index in [1.165, 1.54) is 37.0 Å². The molecule has 0 amide bonds. The van der Waals surface area contributed by atoms with Crippen molar-refractivity contribution in [3.05, 3.63) is 18.2 Å². The molecular weight excluding hydrogens is 292 g/mol. The Morgan fingerprint density at radius 3 is 2.80 bits per heavy atom. The molecule has 4 nitrogen and oxygen atoms in total. The van der Waals surface area contributed by atoms with Crippen LogP contribution in [0.25, 0.3) is 10.2 Å². The lowest BCUT2D eigenvalue weighted by Crippen LogP contribution is -2.13. The number of nitrogens with one attached hydrogen (secondary N) is 1. The molecule has 1 aromatic heterocycles. The topological polar surface area (TPSA) is 59.1 Å². The molecule has 0 radical (unpaired) electrons. The Morgan fingerprint density at radius 1 is 1.35 bits per heavy atom. The van der Waals surface area contributed by atoms with Crippen LogP contribution in [-0.2, 0) is 9.84 Å². The van der Waals surface area contributed by atoms with Crippen LogP contribution in [-0.4, -0.2) is 25.2 Å². The standard InChI is InChI=1S/C14H18N2O2S2/c1-2-20(17,18)11-7-8-12-13(9-11)19-14(16-12)15-10-5-3-4-6-10/h7-10H,2-6H2,1H3,(H,15,16). The molecule has 1 saturated carbocycles. The zero-order valence-corrected chi connectivity index (χ0v) is 13.1. The summed E-state index contributed by atoms with van der Waals surface area (Å²) in [6.45, 7) is 1.67. The molecule has 6 heteroatoms. The van der Waals surface area contributed by atoms with Crippen LogP contribution in [0.4, 0.5) is 5.13 Å². The van der Waals surface area contributed by atoms with E-state index in [4.69, 9.17) is 0 Å². The van der Waals surface area contributed by atoms with Crippen LogP contribution in [0.3, 0.4) is 0 Å². The van der Waals surface area contributed by atoms with Crippen LogP contribution in [0.15, 0.2) is 23.1 Å². The number of fused-ring (bicyclic) bond motifs is 1. The van der Waals surface area contributed by atoms with Crippen molar-refractivity contribution >= 4 is 36.5 Å². The first-order valence-electron chi connectivity index (χ1n) is 6.98. The maximum Gasteiger partial charge on any atom is 0.184 e. The van der Waals surface area contributed by atoms with Gasteiger partial charge in [-0.1, -0.05) is 31.1 Å². The van der Waals surface area contributed by atoms with Gasteiger partial charge in [-0.25, -0.2) is 13.4 Å². The maximum atomic E-state index is 11.9. The van der Waals surface area contributed by atoms with Crippen LogP contribution in [0, 0.1) is 0 Å². The van der Waals surface area contributed by atoms with E-state index in [1.807, 2.05) is 0 Å². The van der Waals surface area contributed by atoms with Gasteiger partial charge in [0.25, 0.3) is 0 Å². The normalized spacial score (nSPS) is 16.9. The molecule has 0 bridgehead atoms. The fraction of sp³-hybridized carbons (Fsp3) is 0.500. The van der Waals surface area contributed by atoms with E-state index in [9.17, 15) is 8.42 Å². The monoisotopic (exact) mass is 310 g/mol. The number of aromatic nitrogens is 1. The summed E-state index contributed by atoms with van der Waals surface area (Å²) in [6, 6.07) is 5.72. The fourth-order valence-corrected chi connectivity index (χ4v) is 4.53. The van der Waals surface area contributed by atoms with Gasteiger partial charge in [0.1, 0.15) is 0 Å². The van der Waals surface area contributed by atoms with Gasteiger partial charge < -0.3 is 5.32 Å². The zero-order valence-electron chi connectivity index (χ0n) is 11.4. The summed E-state index contributed by atoms with van der Waals surface area (Å²) >= 11 is 1.54. The van der Waals surface area contributed by atoms with E-state index in [1.54, 1.807) is 25.1 Å². The second-order valence-corrected chi connectivity index (χ2v) is 8.49. The first kappa shape index (κ1) is 13.8. The highest BCUT2D eigenvalue weighted by molar-refractivity contribution is 7.91. The highest BCUT2D eigenvalue weighted by atomic mass is 32.2. The number of sulfone groups is 1. The minimum Gasteiger partial charge on any atom is -0.359 e. The molecular formula is C14H18N2O2S2. The molecule has 1 heterocycles. The van der Waals surface area contributed by atoms with E-state index in [2.05, 4.69) is 10.3 Å². The summed E-state index contributed by atoms with van der Waals surface area (Å²) in [5.41, 5.74) is 0.866. The molecule has 1 aromatic carbocycles. The number of anilines is 1. The van der Waals surface area contributed by atoms with E-state index < -0.39 is 9.84 Å². The molecule has 1 fully saturated rings. The second-order valence-electron chi connectivity index (χ2n) is 5.18. The summed E-state index contributed by atoms with van der Waals surface area (Å²) < 4.78 is 24.7. The summed E-state index contributed by atoms with van der Waals surface area (Å²) in [6.07, 6.45) is 4.96. The molecule has 1 N–H and O–H groups in total. The van der Waals surface area contributed by atoms with Crippen molar-refractivity contribution in [2.24, 2.45) is 0 Å². The number of thiazole rings is 1. The highest BCUT2D eigenvalue weighted by Gasteiger charge is 2.17. The Hall–Kier alpha value is -1.14. The molecule has 0 unspecified atom stereocenters. The summed E-state index contributed by atoms with van der Waals surface area (Å²) in [5.74, 6) is 0.129. The third-order valence-electron chi connectivity index (χ3n) is 3.78. The number of rotatable bonds is 4. The molecule has 0 atom stereocenters. The van der Waals surface area contributed by atoms with Crippen LogP contribution in [0.2, 0.25) is 0 Å². The molecule has 3 rings (SSSR count). The van der Waals surface area contributed by atoms with E-state index >= 15 is 0 Å². The Bertz CT molecular complexity index is 716. The third kappa shape index (κ3) is 2.67. The van der Waals surface area contributed by atoms with Gasteiger partial charge in [0.2, 0.25) is 0 Å². The fourth-order valence-electron chi connectivity index (χ4n) is 2.57. The van der Waals surface area contributed by atoms with Crippen LogP contribution in [0.1, 0.15) is 32.6 Å².